The smallest absolute Gasteiger partial charge is 0.317 e. The van der Waals surface area contributed by atoms with Gasteiger partial charge in [-0.3, -0.25) is 9.69 Å². The summed E-state index contributed by atoms with van der Waals surface area (Å²) < 4.78 is 0. The molecule has 0 aromatic rings. The molecular formula is C11H22N2O2. The van der Waals surface area contributed by atoms with Crippen molar-refractivity contribution in [2.45, 2.75) is 38.6 Å². The van der Waals surface area contributed by atoms with Crippen LogP contribution in [-0.4, -0.2) is 48.2 Å². The third-order valence-corrected chi connectivity index (χ3v) is 2.83. The van der Waals surface area contributed by atoms with E-state index in [1.807, 2.05) is 0 Å². The zero-order chi connectivity index (χ0) is 11.1. The van der Waals surface area contributed by atoms with Gasteiger partial charge < -0.3 is 10.4 Å². The third-order valence-electron chi connectivity index (χ3n) is 2.83. The summed E-state index contributed by atoms with van der Waals surface area (Å²) in [7, 11) is 0. The second kappa shape index (κ2) is 6.80. The van der Waals surface area contributed by atoms with Gasteiger partial charge in [-0.2, -0.15) is 0 Å². The summed E-state index contributed by atoms with van der Waals surface area (Å²) >= 11 is 0. The van der Waals surface area contributed by atoms with Crippen molar-refractivity contribution >= 4 is 5.97 Å². The predicted octanol–water partition coefficient (Wildman–Crippen LogP) is 0.925. The molecule has 0 radical (unpaired) electrons. The lowest BCUT2D eigenvalue weighted by Gasteiger charge is -2.23. The maximum absolute atomic E-state index is 10.7. The number of nitrogens with zero attached hydrogens (tertiary/aromatic N) is 1. The molecule has 0 spiro atoms. The van der Waals surface area contributed by atoms with E-state index in [-0.39, 0.29) is 6.54 Å². The number of carboxylic acids is 1. The molecule has 0 aliphatic carbocycles. The fourth-order valence-corrected chi connectivity index (χ4v) is 2.03. The minimum Gasteiger partial charge on any atom is -0.480 e. The van der Waals surface area contributed by atoms with E-state index in [9.17, 15) is 4.79 Å². The first-order valence-corrected chi connectivity index (χ1v) is 5.90. The van der Waals surface area contributed by atoms with Gasteiger partial charge in [0.1, 0.15) is 0 Å². The van der Waals surface area contributed by atoms with Crippen LogP contribution < -0.4 is 5.32 Å². The minimum absolute atomic E-state index is 0.179. The number of aliphatic carboxylic acids is 1. The monoisotopic (exact) mass is 214 g/mol. The highest BCUT2D eigenvalue weighted by Crippen LogP contribution is 2.07. The summed E-state index contributed by atoms with van der Waals surface area (Å²) in [5.74, 6) is -0.718. The summed E-state index contributed by atoms with van der Waals surface area (Å²) in [5.41, 5.74) is 0. The predicted molar refractivity (Wildman–Crippen MR) is 60.0 cm³/mol. The highest BCUT2D eigenvalue weighted by Gasteiger charge is 2.18. The Balaban J connectivity index is 2.29. The fraction of sp³-hybridized carbons (Fsp3) is 0.909. The number of carboxylic acid groups (broad SMARTS) is 1. The van der Waals surface area contributed by atoms with E-state index in [0.29, 0.717) is 6.04 Å². The molecule has 0 bridgehead atoms. The van der Waals surface area contributed by atoms with E-state index in [2.05, 4.69) is 17.1 Å². The lowest BCUT2D eigenvalue weighted by molar-refractivity contribution is -0.138. The molecule has 4 heteroatoms. The van der Waals surface area contributed by atoms with Crippen molar-refractivity contribution < 1.29 is 9.90 Å². The van der Waals surface area contributed by atoms with Gasteiger partial charge in [-0.1, -0.05) is 13.3 Å². The number of nitrogens with one attached hydrogen (secondary N) is 1. The molecule has 1 atom stereocenters. The van der Waals surface area contributed by atoms with Crippen molar-refractivity contribution in [3.8, 4) is 0 Å². The fourth-order valence-electron chi connectivity index (χ4n) is 2.03. The Hall–Kier alpha value is -0.610. The second-order valence-electron chi connectivity index (χ2n) is 4.28. The molecule has 0 amide bonds. The molecule has 0 aromatic carbocycles. The van der Waals surface area contributed by atoms with Crippen LogP contribution in [-0.2, 0) is 4.79 Å². The zero-order valence-electron chi connectivity index (χ0n) is 9.54. The van der Waals surface area contributed by atoms with Gasteiger partial charge in [0.2, 0.25) is 0 Å². The van der Waals surface area contributed by atoms with Crippen LogP contribution >= 0.6 is 0 Å². The highest BCUT2D eigenvalue weighted by atomic mass is 16.4. The van der Waals surface area contributed by atoms with Crippen LogP contribution in [0.3, 0.4) is 0 Å². The molecule has 4 nitrogen and oxygen atoms in total. The number of rotatable bonds is 7. The molecule has 2 N–H and O–H groups in total. The Kier molecular flexibility index (Phi) is 5.65. The lowest BCUT2D eigenvalue weighted by atomic mass is 10.2. The van der Waals surface area contributed by atoms with Crippen LogP contribution in [0.2, 0.25) is 0 Å². The highest BCUT2D eigenvalue weighted by molar-refractivity contribution is 5.69. The SMILES string of the molecule is CCCCN(CC(=O)O)CC1CCCN1. The van der Waals surface area contributed by atoms with Gasteiger partial charge in [0.25, 0.3) is 0 Å². The van der Waals surface area contributed by atoms with Gasteiger partial charge in [0, 0.05) is 12.6 Å². The van der Waals surface area contributed by atoms with Gasteiger partial charge in [0.15, 0.2) is 0 Å². The quantitative estimate of drug-likeness (QED) is 0.662. The average molecular weight is 214 g/mol. The molecule has 1 rings (SSSR count). The van der Waals surface area contributed by atoms with E-state index in [1.54, 1.807) is 0 Å². The van der Waals surface area contributed by atoms with Crippen molar-refractivity contribution in [2.75, 3.05) is 26.2 Å². The molecule has 1 heterocycles. The van der Waals surface area contributed by atoms with Crippen molar-refractivity contribution in [3.05, 3.63) is 0 Å². The summed E-state index contributed by atoms with van der Waals surface area (Å²) in [6.07, 6.45) is 4.61. The van der Waals surface area contributed by atoms with Gasteiger partial charge in [0.05, 0.1) is 6.54 Å². The molecule has 1 fully saturated rings. The summed E-state index contributed by atoms with van der Waals surface area (Å²) in [4.78, 5) is 12.7. The van der Waals surface area contributed by atoms with Crippen LogP contribution in [0.5, 0.6) is 0 Å². The molecule has 1 saturated heterocycles. The Morgan fingerprint density at radius 3 is 2.93 bits per heavy atom. The van der Waals surface area contributed by atoms with Gasteiger partial charge in [-0.25, -0.2) is 0 Å². The van der Waals surface area contributed by atoms with Crippen LogP contribution in [0.15, 0.2) is 0 Å². The topological polar surface area (TPSA) is 52.6 Å². The van der Waals surface area contributed by atoms with Gasteiger partial charge >= 0.3 is 5.97 Å². The third kappa shape index (κ3) is 5.14. The molecule has 0 saturated carbocycles. The average Bonchev–Trinajstić information content (AvgIpc) is 2.66. The first kappa shape index (κ1) is 12.5. The van der Waals surface area contributed by atoms with E-state index in [0.717, 1.165) is 32.5 Å². The maximum Gasteiger partial charge on any atom is 0.317 e. The lowest BCUT2D eigenvalue weighted by Crippen LogP contribution is -2.40. The number of unbranched alkanes of at least 4 members (excludes halogenated alkanes) is 1. The largest absolute Gasteiger partial charge is 0.480 e. The van der Waals surface area contributed by atoms with Crippen molar-refractivity contribution in [3.63, 3.8) is 0 Å². The summed E-state index contributed by atoms with van der Waals surface area (Å²) in [5, 5.41) is 12.2. The second-order valence-corrected chi connectivity index (χ2v) is 4.28. The van der Waals surface area contributed by atoms with E-state index in [4.69, 9.17) is 5.11 Å². The van der Waals surface area contributed by atoms with Crippen LogP contribution in [0.1, 0.15) is 32.6 Å². The molecule has 1 aliphatic rings. The maximum atomic E-state index is 10.7. The normalized spacial score (nSPS) is 21.1. The standard InChI is InChI=1S/C11H22N2O2/c1-2-3-7-13(9-11(14)15)8-10-5-4-6-12-10/h10,12H,2-9H2,1H3,(H,14,15). The first-order chi connectivity index (χ1) is 7.22. The molecular weight excluding hydrogens is 192 g/mol. The van der Waals surface area contributed by atoms with Crippen LogP contribution in [0.4, 0.5) is 0 Å². The molecule has 1 unspecified atom stereocenters. The van der Waals surface area contributed by atoms with E-state index >= 15 is 0 Å². The van der Waals surface area contributed by atoms with Crippen LogP contribution in [0, 0.1) is 0 Å². The van der Waals surface area contributed by atoms with Crippen LogP contribution in [0.25, 0.3) is 0 Å². The van der Waals surface area contributed by atoms with Crippen molar-refractivity contribution in [1.82, 2.24) is 10.2 Å². The molecule has 15 heavy (non-hydrogen) atoms. The number of carbonyl (C=O) groups is 1. The summed E-state index contributed by atoms with van der Waals surface area (Å²) in [6, 6.07) is 0.501. The molecule has 88 valence electrons. The van der Waals surface area contributed by atoms with Gasteiger partial charge in [-0.15, -0.1) is 0 Å². The molecule has 1 aliphatic heterocycles. The van der Waals surface area contributed by atoms with E-state index < -0.39 is 5.97 Å². The first-order valence-electron chi connectivity index (χ1n) is 5.90. The Morgan fingerprint density at radius 1 is 1.60 bits per heavy atom. The zero-order valence-corrected chi connectivity index (χ0v) is 9.54. The van der Waals surface area contributed by atoms with E-state index in [1.165, 1.54) is 12.8 Å². The Bertz CT molecular complexity index is 191. The molecule has 0 aromatic heterocycles. The minimum atomic E-state index is -0.718. The Labute approximate surface area is 91.6 Å². The number of hydrogen-bond donors (Lipinski definition) is 2. The van der Waals surface area contributed by atoms with Gasteiger partial charge in [-0.05, 0) is 32.4 Å². The van der Waals surface area contributed by atoms with Crippen molar-refractivity contribution in [1.29, 1.82) is 0 Å². The van der Waals surface area contributed by atoms with Crippen molar-refractivity contribution in [2.24, 2.45) is 0 Å². The summed E-state index contributed by atoms with van der Waals surface area (Å²) in [6.45, 7) is 5.18. The Morgan fingerprint density at radius 2 is 2.40 bits per heavy atom. The number of hydrogen-bond acceptors (Lipinski definition) is 3.